The lowest BCUT2D eigenvalue weighted by Gasteiger charge is -2.24. The highest BCUT2D eigenvalue weighted by Crippen LogP contribution is 2.55. The van der Waals surface area contributed by atoms with Gasteiger partial charge >= 0.3 is 0 Å². The summed E-state index contributed by atoms with van der Waals surface area (Å²) in [5.74, 6) is 0. The van der Waals surface area contributed by atoms with Gasteiger partial charge in [0.2, 0.25) is 0 Å². The highest BCUT2D eigenvalue weighted by atomic mass is 14.4. The standard InChI is InChI=1S/C57H38/c1-57(2)52-34-40-32-38(30-31-39(40)33-51(52)55-45-19-7-5-17-42(45)43-18-6-12-24-50(43)56(55)57)35-26-28-37(29-27-35)53-46-20-8-10-22-48(46)54(49-23-11-9-21-47(49)53)44-25-13-15-36-14-3-4-16-41(36)44/h3-34H,1-2H3. The summed E-state index contributed by atoms with van der Waals surface area (Å²) in [5, 5.41) is 15.6. The lowest BCUT2D eigenvalue weighted by atomic mass is 9.79. The molecule has 0 unspecified atom stereocenters. The summed E-state index contributed by atoms with van der Waals surface area (Å²) in [4.78, 5) is 0. The minimum atomic E-state index is -0.130. The van der Waals surface area contributed by atoms with Crippen molar-refractivity contribution >= 4 is 64.6 Å². The maximum atomic E-state index is 2.47. The van der Waals surface area contributed by atoms with Crippen LogP contribution in [0.15, 0.2) is 194 Å². The van der Waals surface area contributed by atoms with Gasteiger partial charge in [-0.05, 0) is 138 Å². The fraction of sp³-hybridized carbons (Fsp3) is 0.0526. The molecular weight excluding hydrogens is 685 g/mol. The zero-order valence-electron chi connectivity index (χ0n) is 32.0. The van der Waals surface area contributed by atoms with Crippen LogP contribution >= 0.6 is 0 Å². The Bertz CT molecular complexity index is 3410. The predicted octanol–water partition coefficient (Wildman–Crippen LogP) is 15.9. The third kappa shape index (κ3) is 4.62. The molecule has 1 aliphatic carbocycles. The number of fused-ring (bicyclic) bond motifs is 12. The van der Waals surface area contributed by atoms with Crippen LogP contribution < -0.4 is 0 Å². The van der Waals surface area contributed by atoms with Crippen molar-refractivity contribution in [1.29, 1.82) is 0 Å². The second-order valence-electron chi connectivity index (χ2n) is 16.4. The molecule has 0 bridgehead atoms. The Hall–Kier alpha value is -7.02. The Kier molecular flexibility index (Phi) is 6.78. The van der Waals surface area contributed by atoms with E-state index in [1.54, 1.807) is 0 Å². The SMILES string of the molecule is CC1(C)c2cc3cc(-c4ccc(-c5c6ccccc6c(-c6cccc7ccccc67)c6ccccc56)cc4)ccc3cc2-c2c1c1ccccc1c1ccccc21. The maximum absolute atomic E-state index is 2.47. The summed E-state index contributed by atoms with van der Waals surface area (Å²) in [6.07, 6.45) is 0. The molecule has 0 heterocycles. The van der Waals surface area contributed by atoms with E-state index in [1.165, 1.54) is 120 Å². The Morgan fingerprint density at radius 2 is 0.772 bits per heavy atom. The summed E-state index contributed by atoms with van der Waals surface area (Å²) in [6, 6.07) is 72.5. The third-order valence-corrected chi connectivity index (χ3v) is 13.0. The van der Waals surface area contributed by atoms with Crippen LogP contribution in [0.3, 0.4) is 0 Å². The lowest BCUT2D eigenvalue weighted by Crippen LogP contribution is -2.15. The highest BCUT2D eigenvalue weighted by molar-refractivity contribution is 6.24. The van der Waals surface area contributed by atoms with Crippen LogP contribution in [0.5, 0.6) is 0 Å². The van der Waals surface area contributed by atoms with Crippen LogP contribution in [0, 0.1) is 0 Å². The van der Waals surface area contributed by atoms with Crippen molar-refractivity contribution in [2.45, 2.75) is 19.3 Å². The molecule has 0 fully saturated rings. The van der Waals surface area contributed by atoms with Crippen molar-refractivity contribution in [2.75, 3.05) is 0 Å². The normalized spacial score (nSPS) is 13.2. The van der Waals surface area contributed by atoms with Gasteiger partial charge in [0, 0.05) is 5.41 Å². The van der Waals surface area contributed by atoms with Gasteiger partial charge in [0.05, 0.1) is 0 Å². The monoisotopic (exact) mass is 722 g/mol. The van der Waals surface area contributed by atoms with Crippen molar-refractivity contribution in [3.8, 4) is 44.5 Å². The third-order valence-electron chi connectivity index (χ3n) is 13.0. The van der Waals surface area contributed by atoms with Gasteiger partial charge in [0.15, 0.2) is 0 Å². The zero-order chi connectivity index (χ0) is 37.8. The second-order valence-corrected chi connectivity index (χ2v) is 16.4. The first-order valence-corrected chi connectivity index (χ1v) is 20.1. The molecule has 0 heteroatoms. The van der Waals surface area contributed by atoms with Crippen molar-refractivity contribution < 1.29 is 0 Å². The molecule has 11 aromatic carbocycles. The molecular formula is C57H38. The number of benzene rings is 11. The fourth-order valence-electron chi connectivity index (χ4n) is 10.4. The Morgan fingerprint density at radius 3 is 1.44 bits per heavy atom. The number of hydrogen-bond acceptors (Lipinski definition) is 0. The number of rotatable bonds is 3. The molecule has 11 aromatic rings. The first-order valence-electron chi connectivity index (χ1n) is 20.1. The van der Waals surface area contributed by atoms with Gasteiger partial charge in [-0.3, -0.25) is 0 Å². The molecule has 0 nitrogen and oxygen atoms in total. The molecule has 0 spiro atoms. The van der Waals surface area contributed by atoms with E-state index in [9.17, 15) is 0 Å². The zero-order valence-corrected chi connectivity index (χ0v) is 32.0. The van der Waals surface area contributed by atoms with E-state index in [4.69, 9.17) is 0 Å². The average molecular weight is 723 g/mol. The molecule has 0 N–H and O–H groups in total. The molecule has 1 aliphatic rings. The molecule has 0 aromatic heterocycles. The molecule has 0 amide bonds. The van der Waals surface area contributed by atoms with Crippen molar-refractivity contribution in [1.82, 2.24) is 0 Å². The molecule has 266 valence electrons. The van der Waals surface area contributed by atoms with E-state index in [0.717, 1.165) is 0 Å². The van der Waals surface area contributed by atoms with Crippen molar-refractivity contribution in [3.05, 3.63) is 205 Å². The maximum Gasteiger partial charge on any atom is 0.0165 e. The molecule has 0 atom stereocenters. The van der Waals surface area contributed by atoms with Gasteiger partial charge in [-0.15, -0.1) is 0 Å². The first-order chi connectivity index (χ1) is 28.0. The Balaban J connectivity index is 0.988. The number of hydrogen-bond donors (Lipinski definition) is 0. The summed E-state index contributed by atoms with van der Waals surface area (Å²) in [6.45, 7) is 4.82. The van der Waals surface area contributed by atoms with Crippen LogP contribution in [0.4, 0.5) is 0 Å². The summed E-state index contributed by atoms with van der Waals surface area (Å²) in [5.41, 5.74) is 13.0. The van der Waals surface area contributed by atoms with Gasteiger partial charge in [-0.1, -0.05) is 190 Å². The minimum Gasteiger partial charge on any atom is -0.0616 e. The van der Waals surface area contributed by atoms with E-state index >= 15 is 0 Å². The smallest absolute Gasteiger partial charge is 0.0165 e. The largest absolute Gasteiger partial charge is 0.0616 e. The van der Waals surface area contributed by atoms with Crippen LogP contribution in [0.25, 0.3) is 109 Å². The molecule has 0 aliphatic heterocycles. The predicted molar refractivity (Wildman–Crippen MR) is 245 cm³/mol. The van der Waals surface area contributed by atoms with E-state index in [2.05, 4.69) is 208 Å². The molecule has 12 rings (SSSR count). The summed E-state index contributed by atoms with van der Waals surface area (Å²) >= 11 is 0. The Labute approximate surface area is 332 Å². The van der Waals surface area contributed by atoms with Crippen molar-refractivity contribution in [3.63, 3.8) is 0 Å². The van der Waals surface area contributed by atoms with E-state index < -0.39 is 0 Å². The van der Waals surface area contributed by atoms with Gasteiger partial charge in [0.1, 0.15) is 0 Å². The van der Waals surface area contributed by atoms with Gasteiger partial charge in [-0.25, -0.2) is 0 Å². The van der Waals surface area contributed by atoms with Crippen LogP contribution in [0.1, 0.15) is 25.0 Å². The van der Waals surface area contributed by atoms with Crippen LogP contribution in [-0.4, -0.2) is 0 Å². The average Bonchev–Trinajstić information content (AvgIpc) is 3.50. The van der Waals surface area contributed by atoms with Crippen molar-refractivity contribution in [2.24, 2.45) is 0 Å². The van der Waals surface area contributed by atoms with Crippen LogP contribution in [-0.2, 0) is 5.41 Å². The first kappa shape index (κ1) is 32.2. The molecule has 0 radical (unpaired) electrons. The minimum absolute atomic E-state index is 0.130. The topological polar surface area (TPSA) is 0 Å². The molecule has 0 saturated heterocycles. The highest BCUT2D eigenvalue weighted by Gasteiger charge is 2.38. The van der Waals surface area contributed by atoms with Crippen LogP contribution in [0.2, 0.25) is 0 Å². The molecule has 57 heavy (non-hydrogen) atoms. The van der Waals surface area contributed by atoms with Gasteiger partial charge in [-0.2, -0.15) is 0 Å². The molecule has 0 saturated carbocycles. The lowest BCUT2D eigenvalue weighted by molar-refractivity contribution is 0.667. The Morgan fingerprint density at radius 1 is 0.281 bits per heavy atom. The van der Waals surface area contributed by atoms with E-state index in [-0.39, 0.29) is 5.41 Å². The summed E-state index contributed by atoms with van der Waals surface area (Å²) < 4.78 is 0. The summed E-state index contributed by atoms with van der Waals surface area (Å²) in [7, 11) is 0. The van der Waals surface area contributed by atoms with E-state index in [0.29, 0.717) is 0 Å². The van der Waals surface area contributed by atoms with Gasteiger partial charge in [0.25, 0.3) is 0 Å². The second kappa shape index (κ2) is 12.0. The van der Waals surface area contributed by atoms with Gasteiger partial charge < -0.3 is 0 Å². The van der Waals surface area contributed by atoms with E-state index in [1.807, 2.05) is 0 Å². The quantitative estimate of drug-likeness (QED) is 0.126. The fourth-order valence-corrected chi connectivity index (χ4v) is 10.4.